The highest BCUT2D eigenvalue weighted by atomic mass is 16.4. The number of carboxylic acid groups (broad SMARTS) is 1. The van der Waals surface area contributed by atoms with E-state index in [0.29, 0.717) is 21.7 Å². The Labute approximate surface area is 201 Å². The maximum absolute atomic E-state index is 13.9. The Kier molecular flexibility index (Phi) is 6.83. The van der Waals surface area contributed by atoms with Gasteiger partial charge in [-0.15, -0.1) is 0 Å². The number of aliphatic carboxylic acids is 1. The Morgan fingerprint density at radius 1 is 1.09 bits per heavy atom. The molecule has 0 radical (unpaired) electrons. The van der Waals surface area contributed by atoms with Crippen molar-refractivity contribution in [1.29, 1.82) is 0 Å². The number of hydrogen-bond donors (Lipinski definition) is 3. The fourth-order valence-corrected chi connectivity index (χ4v) is 4.48. The quantitative estimate of drug-likeness (QED) is 0.179. The summed E-state index contributed by atoms with van der Waals surface area (Å²) in [4.78, 5) is 65.4. The topological polar surface area (TPSA) is 159 Å². The van der Waals surface area contributed by atoms with Gasteiger partial charge >= 0.3 is 29.7 Å². The molecule has 182 valence electrons. The van der Waals surface area contributed by atoms with Crippen LogP contribution in [0.25, 0.3) is 0 Å². The van der Waals surface area contributed by atoms with Crippen molar-refractivity contribution >= 4 is 35.9 Å². The van der Waals surface area contributed by atoms with Gasteiger partial charge < -0.3 is 16.3 Å². The monoisotopic (exact) mass is 480 g/mol. The molecule has 1 heterocycles. The van der Waals surface area contributed by atoms with Crippen LogP contribution in [0.1, 0.15) is 49.9 Å². The van der Waals surface area contributed by atoms with Gasteiger partial charge in [-0.2, -0.15) is 5.10 Å². The van der Waals surface area contributed by atoms with Crippen molar-refractivity contribution in [2.75, 3.05) is 0 Å². The molecular formula is C24H26N5O6+. The first-order valence-electron chi connectivity index (χ1n) is 10.7. The van der Waals surface area contributed by atoms with Gasteiger partial charge in [-0.05, 0) is 18.1 Å². The number of quaternary nitrogens is 1. The van der Waals surface area contributed by atoms with Gasteiger partial charge in [0.05, 0.1) is 20.1 Å². The minimum absolute atomic E-state index is 0.305. The number of hydrazone groups is 1. The Hall–Kier alpha value is -4.38. The summed E-state index contributed by atoms with van der Waals surface area (Å²) >= 11 is 0. The molecule has 0 bridgehead atoms. The third-order valence-electron chi connectivity index (χ3n) is 6.16. The van der Waals surface area contributed by atoms with Gasteiger partial charge in [0.1, 0.15) is 12.0 Å². The van der Waals surface area contributed by atoms with Crippen LogP contribution in [-0.4, -0.2) is 50.6 Å². The number of nitrogens with one attached hydrogen (secondary N) is 1. The van der Waals surface area contributed by atoms with Gasteiger partial charge in [-0.1, -0.05) is 64.2 Å². The Balaban J connectivity index is 2.22. The number of imide groups is 2. The average Bonchev–Trinajstić information content (AvgIpc) is 3.04. The summed E-state index contributed by atoms with van der Waals surface area (Å²) < 4.78 is -1.44. The predicted octanol–water partition coefficient (Wildman–Crippen LogP) is 1.79. The molecule has 4 N–H and O–H groups in total. The molecule has 1 aliphatic rings. The summed E-state index contributed by atoms with van der Waals surface area (Å²) in [5, 5.41) is 16.2. The first kappa shape index (κ1) is 25.2. The van der Waals surface area contributed by atoms with E-state index in [1.165, 1.54) is 13.1 Å². The van der Waals surface area contributed by atoms with Crippen molar-refractivity contribution in [2.24, 2.45) is 10.9 Å². The molecule has 35 heavy (non-hydrogen) atoms. The molecule has 2 aromatic carbocycles. The van der Waals surface area contributed by atoms with Crippen LogP contribution in [0.2, 0.25) is 0 Å². The van der Waals surface area contributed by atoms with Gasteiger partial charge in [-0.3, -0.25) is 9.59 Å². The van der Waals surface area contributed by atoms with Crippen LogP contribution in [0.5, 0.6) is 0 Å². The molecule has 2 atom stereocenters. The smallest absolute Gasteiger partial charge is 0.371 e. The van der Waals surface area contributed by atoms with Gasteiger partial charge in [-0.25, -0.2) is 14.4 Å². The molecule has 11 nitrogen and oxygen atoms in total. The lowest BCUT2D eigenvalue weighted by molar-refractivity contribution is -0.900. The van der Waals surface area contributed by atoms with Crippen molar-refractivity contribution < 1.29 is 33.7 Å². The third kappa shape index (κ3) is 4.17. The maximum atomic E-state index is 13.9. The summed E-state index contributed by atoms with van der Waals surface area (Å²) in [6, 6.07) is 12.1. The van der Waals surface area contributed by atoms with E-state index in [4.69, 9.17) is 5.84 Å². The lowest BCUT2D eigenvalue weighted by Gasteiger charge is -2.41. The zero-order valence-corrected chi connectivity index (χ0v) is 19.5. The summed E-state index contributed by atoms with van der Waals surface area (Å²) in [6.45, 7) is 3.55. The normalized spacial score (nSPS) is 19.0. The van der Waals surface area contributed by atoms with Crippen LogP contribution in [0, 0.1) is 0 Å². The van der Waals surface area contributed by atoms with Crippen LogP contribution in [0.3, 0.4) is 0 Å². The van der Waals surface area contributed by atoms with Crippen LogP contribution in [0.15, 0.2) is 59.7 Å². The average molecular weight is 481 g/mol. The lowest BCUT2D eigenvalue weighted by Crippen LogP contribution is -2.69. The number of amides is 5. The molecular weight excluding hydrogens is 454 g/mol. The minimum atomic E-state index is -1.63. The minimum Gasteiger partial charge on any atom is -0.481 e. The van der Waals surface area contributed by atoms with Crippen LogP contribution in [0.4, 0.5) is 4.79 Å². The summed E-state index contributed by atoms with van der Waals surface area (Å²) in [7, 11) is 0. The second kappa shape index (κ2) is 9.47. The molecule has 11 heteroatoms. The molecule has 0 aromatic heterocycles. The second-order valence-corrected chi connectivity index (χ2v) is 8.32. The molecule has 2 aromatic rings. The molecule has 0 saturated carbocycles. The van der Waals surface area contributed by atoms with Crippen molar-refractivity contribution in [3.63, 3.8) is 0 Å². The van der Waals surface area contributed by atoms with E-state index in [1.54, 1.807) is 54.6 Å². The molecule has 0 unspecified atom stereocenters. The van der Waals surface area contributed by atoms with Gasteiger partial charge in [0, 0.05) is 5.56 Å². The number of nitrogens with two attached hydrogens (primary N) is 1. The number of urea groups is 1. The molecule has 3 rings (SSSR count). The lowest BCUT2D eigenvalue weighted by atomic mass is 9.91. The van der Waals surface area contributed by atoms with Gasteiger partial charge in [0.2, 0.25) is 0 Å². The Morgan fingerprint density at radius 3 is 2.14 bits per heavy atom. The summed E-state index contributed by atoms with van der Waals surface area (Å²) in [5.74, 6) is 1.22. The zero-order valence-electron chi connectivity index (χ0n) is 19.5. The number of carboxylic acids is 1. The fourth-order valence-electron chi connectivity index (χ4n) is 4.48. The predicted molar refractivity (Wildman–Crippen MR) is 124 cm³/mol. The number of benzene rings is 2. The van der Waals surface area contributed by atoms with E-state index in [2.05, 4.69) is 10.4 Å². The standard InChI is InChI=1S/C24H25N5O6/c1-15(30)29(16(2)31,20(13-21(32)33)18-7-5-4-6-8-18)28-22(34)24(3,27-23(28)35)19-11-9-17(10-12-19)14-26-25/h4-12,14,20H,13,25H2,1-3H3,(H-,27,32,33,35)/p+1/t20-,24+/m0/s1. The van der Waals surface area contributed by atoms with E-state index < -0.39 is 52.3 Å². The van der Waals surface area contributed by atoms with Crippen LogP contribution >= 0.6 is 0 Å². The SMILES string of the molecule is CC(=O)[N+](C(C)=O)([C@@H](CC(=O)O)c1ccccc1)N1C(=O)N[C@](C)(c2ccc(C=NN)cc2)C1=O. The van der Waals surface area contributed by atoms with E-state index in [9.17, 15) is 29.1 Å². The van der Waals surface area contributed by atoms with Gasteiger partial charge in [0.25, 0.3) is 0 Å². The van der Waals surface area contributed by atoms with Crippen LogP contribution in [-0.2, 0) is 24.7 Å². The summed E-state index contributed by atoms with van der Waals surface area (Å²) in [5.41, 5.74) is -0.294. The summed E-state index contributed by atoms with van der Waals surface area (Å²) in [6.07, 6.45) is 0.710. The number of carbonyl (C=O) groups excluding carboxylic acids is 4. The Morgan fingerprint density at radius 2 is 1.66 bits per heavy atom. The van der Waals surface area contributed by atoms with E-state index in [1.807, 2.05) is 0 Å². The molecule has 0 spiro atoms. The van der Waals surface area contributed by atoms with Crippen molar-refractivity contribution in [1.82, 2.24) is 10.3 Å². The molecule has 1 aliphatic heterocycles. The number of rotatable bonds is 7. The van der Waals surface area contributed by atoms with Gasteiger partial charge in [0.15, 0.2) is 6.04 Å². The molecule has 1 fully saturated rings. The number of nitrogens with zero attached hydrogens (tertiary/aromatic N) is 3. The highest BCUT2D eigenvalue weighted by molar-refractivity contribution is 6.08. The largest absolute Gasteiger partial charge is 0.481 e. The number of hydrogen-bond acceptors (Lipinski definition) is 7. The number of carbonyl (C=O) groups is 5. The van der Waals surface area contributed by atoms with Crippen LogP contribution < -0.4 is 11.2 Å². The van der Waals surface area contributed by atoms with E-state index in [0.717, 1.165) is 13.8 Å². The molecule has 0 aliphatic carbocycles. The maximum Gasteiger partial charge on any atom is 0.371 e. The van der Waals surface area contributed by atoms with E-state index in [-0.39, 0.29) is 0 Å². The van der Waals surface area contributed by atoms with Crippen molar-refractivity contribution in [3.8, 4) is 0 Å². The molecule has 1 saturated heterocycles. The second-order valence-electron chi connectivity index (χ2n) is 8.32. The molecule has 5 amide bonds. The third-order valence-corrected chi connectivity index (χ3v) is 6.16. The van der Waals surface area contributed by atoms with Crippen molar-refractivity contribution in [3.05, 3.63) is 71.3 Å². The van der Waals surface area contributed by atoms with E-state index >= 15 is 0 Å². The fraction of sp³-hybridized carbons (Fsp3) is 0.250. The first-order chi connectivity index (χ1) is 16.5. The Bertz CT molecular complexity index is 1200. The zero-order chi connectivity index (χ0) is 26.0. The first-order valence-corrected chi connectivity index (χ1v) is 10.7. The highest BCUT2D eigenvalue weighted by Crippen LogP contribution is 2.40. The highest BCUT2D eigenvalue weighted by Gasteiger charge is 2.65. The van der Waals surface area contributed by atoms with Crippen molar-refractivity contribution in [2.45, 2.75) is 38.8 Å².